The lowest BCUT2D eigenvalue weighted by atomic mass is 9.98. The van der Waals surface area contributed by atoms with Crippen LogP contribution < -0.4 is 5.32 Å². The molecule has 2 N–H and O–H groups in total. The molecule has 0 radical (unpaired) electrons. The summed E-state index contributed by atoms with van der Waals surface area (Å²) in [6.07, 6.45) is -4.53. The second-order valence-corrected chi connectivity index (χ2v) is 4.97. The standard InChI is InChI=1S/C13H13F3N2O4/c1-7-8(2-3-9(17-7)13(14,15)16)10(19)18-12(11(20)21)4-5-22-6-12/h2-3H,4-6H2,1H3,(H,18,19)(H,20,21). The van der Waals surface area contributed by atoms with Gasteiger partial charge in [-0.25, -0.2) is 9.78 Å². The number of carbonyl (C=O) groups excluding carboxylic acids is 1. The molecule has 9 heteroatoms. The fraction of sp³-hybridized carbons (Fsp3) is 0.462. The SMILES string of the molecule is Cc1nc(C(F)(F)F)ccc1C(=O)NC1(C(=O)O)CCOC1. The van der Waals surface area contributed by atoms with E-state index in [0.29, 0.717) is 6.07 Å². The summed E-state index contributed by atoms with van der Waals surface area (Å²) in [5, 5.41) is 11.5. The fourth-order valence-corrected chi connectivity index (χ4v) is 2.13. The first-order valence-corrected chi connectivity index (χ1v) is 6.34. The van der Waals surface area contributed by atoms with E-state index in [0.717, 1.165) is 6.07 Å². The zero-order valence-corrected chi connectivity index (χ0v) is 11.5. The number of carbonyl (C=O) groups is 2. The Labute approximate surface area is 123 Å². The molecule has 22 heavy (non-hydrogen) atoms. The number of nitrogens with zero attached hydrogens (tertiary/aromatic N) is 1. The summed E-state index contributed by atoms with van der Waals surface area (Å²) in [7, 11) is 0. The van der Waals surface area contributed by atoms with Crippen molar-refractivity contribution in [3.63, 3.8) is 0 Å². The van der Waals surface area contributed by atoms with Crippen LogP contribution in [-0.2, 0) is 15.7 Å². The molecule has 1 aliphatic heterocycles. The average molecular weight is 318 g/mol. The molecule has 0 aliphatic carbocycles. The van der Waals surface area contributed by atoms with Crippen LogP contribution >= 0.6 is 0 Å². The van der Waals surface area contributed by atoms with Crippen LogP contribution in [0.2, 0.25) is 0 Å². The number of hydrogen-bond acceptors (Lipinski definition) is 4. The third kappa shape index (κ3) is 3.03. The van der Waals surface area contributed by atoms with E-state index < -0.39 is 29.3 Å². The number of carboxylic acid groups (broad SMARTS) is 1. The van der Waals surface area contributed by atoms with Gasteiger partial charge in [-0.3, -0.25) is 4.79 Å². The number of aryl methyl sites for hydroxylation is 1. The van der Waals surface area contributed by atoms with E-state index in [1.54, 1.807) is 0 Å². The summed E-state index contributed by atoms with van der Waals surface area (Å²) in [6.45, 7) is 1.24. The molecule has 0 spiro atoms. The lowest BCUT2D eigenvalue weighted by Gasteiger charge is -2.24. The maximum absolute atomic E-state index is 12.5. The summed E-state index contributed by atoms with van der Waals surface area (Å²) in [5.74, 6) is -2.05. The molecule has 1 aliphatic rings. The van der Waals surface area contributed by atoms with Crippen LogP contribution in [0.4, 0.5) is 13.2 Å². The molecular formula is C13H13F3N2O4. The maximum atomic E-state index is 12.5. The first-order chi connectivity index (χ1) is 10.2. The van der Waals surface area contributed by atoms with Gasteiger partial charge in [0.15, 0.2) is 5.54 Å². The molecule has 1 aromatic rings. The third-order valence-electron chi connectivity index (χ3n) is 3.40. The largest absolute Gasteiger partial charge is 0.479 e. The molecule has 6 nitrogen and oxygen atoms in total. The second-order valence-electron chi connectivity index (χ2n) is 4.97. The molecule has 1 saturated heterocycles. The van der Waals surface area contributed by atoms with Crippen molar-refractivity contribution in [1.82, 2.24) is 10.3 Å². The number of aliphatic carboxylic acids is 1. The Bertz CT molecular complexity index is 610. The van der Waals surface area contributed by atoms with Gasteiger partial charge in [0, 0.05) is 13.0 Å². The van der Waals surface area contributed by atoms with Gasteiger partial charge in [-0.05, 0) is 19.1 Å². The van der Waals surface area contributed by atoms with Gasteiger partial charge in [0.1, 0.15) is 5.69 Å². The lowest BCUT2D eigenvalue weighted by molar-refractivity contribution is -0.144. The van der Waals surface area contributed by atoms with Gasteiger partial charge in [-0.15, -0.1) is 0 Å². The predicted octanol–water partition coefficient (Wildman–Crippen LogP) is 1.38. The number of amides is 1. The first kappa shape index (κ1) is 16.2. The van der Waals surface area contributed by atoms with Crippen molar-refractivity contribution in [3.05, 3.63) is 29.1 Å². The molecule has 1 atom stereocenters. The smallest absolute Gasteiger partial charge is 0.433 e. The molecule has 0 aromatic carbocycles. The number of halogens is 3. The van der Waals surface area contributed by atoms with Crippen molar-refractivity contribution >= 4 is 11.9 Å². The van der Waals surface area contributed by atoms with E-state index in [-0.39, 0.29) is 30.9 Å². The highest BCUT2D eigenvalue weighted by atomic mass is 19.4. The van der Waals surface area contributed by atoms with Gasteiger partial charge in [0.05, 0.1) is 17.9 Å². The van der Waals surface area contributed by atoms with Crippen LogP contribution in [0.3, 0.4) is 0 Å². The van der Waals surface area contributed by atoms with Crippen LogP contribution in [0.15, 0.2) is 12.1 Å². The Hall–Kier alpha value is -2.16. The van der Waals surface area contributed by atoms with E-state index in [2.05, 4.69) is 10.3 Å². The van der Waals surface area contributed by atoms with E-state index in [1.165, 1.54) is 6.92 Å². The minimum Gasteiger partial charge on any atom is -0.479 e. The molecule has 1 fully saturated rings. The van der Waals surface area contributed by atoms with Crippen molar-refractivity contribution < 1.29 is 32.6 Å². The van der Waals surface area contributed by atoms with Gasteiger partial charge in [-0.2, -0.15) is 13.2 Å². The summed E-state index contributed by atoms with van der Waals surface area (Å²) in [4.78, 5) is 26.8. The van der Waals surface area contributed by atoms with Gasteiger partial charge in [0.2, 0.25) is 0 Å². The van der Waals surface area contributed by atoms with Gasteiger partial charge in [-0.1, -0.05) is 0 Å². The summed E-state index contributed by atoms with van der Waals surface area (Å²) >= 11 is 0. The van der Waals surface area contributed by atoms with Crippen LogP contribution in [0.25, 0.3) is 0 Å². The van der Waals surface area contributed by atoms with Crippen molar-refractivity contribution in [2.24, 2.45) is 0 Å². The third-order valence-corrected chi connectivity index (χ3v) is 3.40. The molecule has 2 heterocycles. The topological polar surface area (TPSA) is 88.5 Å². The van der Waals surface area contributed by atoms with Crippen molar-refractivity contribution in [2.45, 2.75) is 25.1 Å². The monoisotopic (exact) mass is 318 g/mol. The van der Waals surface area contributed by atoms with E-state index in [1.807, 2.05) is 0 Å². The van der Waals surface area contributed by atoms with Crippen LogP contribution in [0.1, 0.15) is 28.2 Å². The predicted molar refractivity (Wildman–Crippen MR) is 67.2 cm³/mol. The number of carboxylic acids is 1. The molecule has 0 saturated carbocycles. The van der Waals surface area contributed by atoms with Gasteiger partial charge in [0.25, 0.3) is 5.91 Å². The van der Waals surface area contributed by atoms with E-state index in [9.17, 15) is 27.9 Å². The van der Waals surface area contributed by atoms with Crippen molar-refractivity contribution in [2.75, 3.05) is 13.2 Å². The Kier molecular flexibility index (Phi) is 4.10. The van der Waals surface area contributed by atoms with Crippen LogP contribution in [0, 0.1) is 6.92 Å². The quantitative estimate of drug-likeness (QED) is 0.879. The summed E-state index contributed by atoms with van der Waals surface area (Å²) in [5.41, 5.74) is -2.92. The average Bonchev–Trinajstić information content (AvgIpc) is 2.87. The number of alkyl halides is 3. The van der Waals surface area contributed by atoms with Crippen molar-refractivity contribution in [1.29, 1.82) is 0 Å². The Morgan fingerprint density at radius 1 is 1.41 bits per heavy atom. The lowest BCUT2D eigenvalue weighted by Crippen LogP contribution is -2.55. The zero-order chi connectivity index (χ0) is 16.5. The second kappa shape index (κ2) is 5.56. The Morgan fingerprint density at radius 2 is 2.09 bits per heavy atom. The Balaban J connectivity index is 2.25. The van der Waals surface area contributed by atoms with E-state index >= 15 is 0 Å². The molecule has 1 unspecified atom stereocenters. The summed E-state index contributed by atoms with van der Waals surface area (Å²) < 4.78 is 42.6. The summed E-state index contributed by atoms with van der Waals surface area (Å²) in [6, 6.07) is 1.66. The minimum absolute atomic E-state index is 0.0845. The molecule has 0 bridgehead atoms. The number of aromatic nitrogens is 1. The zero-order valence-electron chi connectivity index (χ0n) is 11.5. The highest BCUT2D eigenvalue weighted by molar-refractivity contribution is 5.98. The number of pyridine rings is 1. The normalized spacial score (nSPS) is 21.6. The Morgan fingerprint density at radius 3 is 2.55 bits per heavy atom. The fourth-order valence-electron chi connectivity index (χ4n) is 2.13. The highest BCUT2D eigenvalue weighted by Gasteiger charge is 2.44. The first-order valence-electron chi connectivity index (χ1n) is 6.34. The highest BCUT2D eigenvalue weighted by Crippen LogP contribution is 2.28. The molecule has 120 valence electrons. The van der Waals surface area contributed by atoms with Crippen LogP contribution in [0.5, 0.6) is 0 Å². The molecular weight excluding hydrogens is 305 g/mol. The van der Waals surface area contributed by atoms with Gasteiger partial charge < -0.3 is 15.2 Å². The van der Waals surface area contributed by atoms with Gasteiger partial charge >= 0.3 is 12.1 Å². The maximum Gasteiger partial charge on any atom is 0.433 e. The van der Waals surface area contributed by atoms with Crippen LogP contribution in [-0.4, -0.2) is 40.7 Å². The van der Waals surface area contributed by atoms with E-state index in [4.69, 9.17) is 4.74 Å². The molecule has 1 aromatic heterocycles. The number of rotatable bonds is 3. The molecule has 1 amide bonds. The minimum atomic E-state index is -4.61. The number of nitrogens with one attached hydrogen (secondary N) is 1. The molecule has 2 rings (SSSR count). The number of ether oxygens (including phenoxy) is 1. The number of hydrogen-bond donors (Lipinski definition) is 2. The van der Waals surface area contributed by atoms with Crippen molar-refractivity contribution in [3.8, 4) is 0 Å².